The van der Waals surface area contributed by atoms with Crippen molar-refractivity contribution in [3.63, 3.8) is 0 Å². The van der Waals surface area contributed by atoms with Crippen LogP contribution in [0.1, 0.15) is 13.8 Å². The maximum absolute atomic E-state index is 11.0. The Morgan fingerprint density at radius 3 is 2.75 bits per heavy atom. The van der Waals surface area contributed by atoms with E-state index in [9.17, 15) is 4.79 Å². The quantitative estimate of drug-likeness (QED) is 0.634. The van der Waals surface area contributed by atoms with E-state index < -0.39 is 0 Å². The van der Waals surface area contributed by atoms with Crippen LogP contribution < -0.4 is 5.32 Å². The van der Waals surface area contributed by atoms with Gasteiger partial charge in [-0.05, 0) is 13.8 Å². The van der Waals surface area contributed by atoms with E-state index in [1.165, 1.54) is 0 Å². The highest BCUT2D eigenvalue weighted by atomic mass is 32.2. The summed E-state index contributed by atoms with van der Waals surface area (Å²) in [7, 11) is 1.66. The highest BCUT2D eigenvalue weighted by Gasteiger charge is 2.01. The molecule has 1 amide bonds. The van der Waals surface area contributed by atoms with E-state index in [-0.39, 0.29) is 11.9 Å². The van der Waals surface area contributed by atoms with Gasteiger partial charge in [0.2, 0.25) is 5.91 Å². The molecule has 0 bridgehead atoms. The molecule has 0 aliphatic carbocycles. The van der Waals surface area contributed by atoms with E-state index >= 15 is 0 Å². The van der Waals surface area contributed by atoms with Crippen molar-refractivity contribution < 1.29 is 9.53 Å². The summed E-state index contributed by atoms with van der Waals surface area (Å²) in [5, 5.41) is 2.82. The van der Waals surface area contributed by atoms with E-state index in [0.717, 1.165) is 5.75 Å². The first-order valence-corrected chi connectivity index (χ1v) is 5.18. The number of methoxy groups -OCH3 is 1. The van der Waals surface area contributed by atoms with Crippen LogP contribution in [0.25, 0.3) is 0 Å². The molecule has 0 radical (unpaired) electrons. The maximum Gasteiger partial charge on any atom is 0.230 e. The van der Waals surface area contributed by atoms with Crippen molar-refractivity contribution in [2.24, 2.45) is 0 Å². The lowest BCUT2D eigenvalue weighted by atomic mass is 10.4. The fourth-order valence-corrected chi connectivity index (χ4v) is 1.37. The summed E-state index contributed by atoms with van der Waals surface area (Å²) in [6.45, 7) is 4.62. The summed E-state index contributed by atoms with van der Waals surface area (Å²) in [5.74, 6) is 1.51. The van der Waals surface area contributed by atoms with Gasteiger partial charge in [0, 0.05) is 18.9 Å². The van der Waals surface area contributed by atoms with Gasteiger partial charge in [-0.1, -0.05) is 0 Å². The maximum atomic E-state index is 11.0. The minimum absolute atomic E-state index is 0.103. The number of amides is 1. The predicted octanol–water partition coefficient (Wildman–Crippen LogP) is 0.891. The topological polar surface area (TPSA) is 38.3 Å². The molecule has 0 saturated heterocycles. The Balaban J connectivity index is 3.20. The van der Waals surface area contributed by atoms with Crippen molar-refractivity contribution >= 4 is 17.7 Å². The second kappa shape index (κ2) is 7.43. The SMILES string of the molecule is COCCSCC(=O)NC(C)C. The standard InChI is InChI=1S/C8H17NO2S/c1-7(2)9-8(10)6-12-5-4-11-3/h7H,4-6H2,1-3H3,(H,9,10). The Labute approximate surface area is 78.2 Å². The summed E-state index contributed by atoms with van der Waals surface area (Å²) in [5.41, 5.74) is 0. The zero-order chi connectivity index (χ0) is 9.40. The number of hydrogen-bond acceptors (Lipinski definition) is 3. The molecule has 72 valence electrons. The molecule has 4 heteroatoms. The average molecular weight is 191 g/mol. The van der Waals surface area contributed by atoms with Crippen LogP contribution in [0.3, 0.4) is 0 Å². The zero-order valence-electron chi connectivity index (χ0n) is 7.92. The number of carbonyl (C=O) groups is 1. The second-order valence-electron chi connectivity index (χ2n) is 2.77. The molecule has 0 atom stereocenters. The average Bonchev–Trinajstić information content (AvgIpc) is 1.97. The molecular formula is C8H17NO2S. The number of nitrogens with one attached hydrogen (secondary N) is 1. The van der Waals surface area contributed by atoms with Gasteiger partial charge >= 0.3 is 0 Å². The van der Waals surface area contributed by atoms with Crippen LogP contribution in [-0.4, -0.2) is 37.2 Å². The minimum atomic E-state index is 0.103. The molecule has 12 heavy (non-hydrogen) atoms. The van der Waals surface area contributed by atoms with Crippen molar-refractivity contribution in [1.82, 2.24) is 5.32 Å². The van der Waals surface area contributed by atoms with E-state index in [0.29, 0.717) is 12.4 Å². The van der Waals surface area contributed by atoms with Crippen LogP contribution in [0.15, 0.2) is 0 Å². The molecule has 0 aromatic rings. The molecule has 1 N–H and O–H groups in total. The van der Waals surface area contributed by atoms with Crippen molar-refractivity contribution in [1.29, 1.82) is 0 Å². The molecule has 0 heterocycles. The highest BCUT2D eigenvalue weighted by Crippen LogP contribution is 1.98. The van der Waals surface area contributed by atoms with Gasteiger partial charge in [-0.15, -0.1) is 11.8 Å². The van der Waals surface area contributed by atoms with Crippen LogP contribution in [0, 0.1) is 0 Å². The van der Waals surface area contributed by atoms with Crippen LogP contribution in [0.4, 0.5) is 0 Å². The Morgan fingerprint density at radius 1 is 1.58 bits per heavy atom. The Morgan fingerprint density at radius 2 is 2.25 bits per heavy atom. The predicted molar refractivity (Wildman–Crippen MR) is 52.5 cm³/mol. The van der Waals surface area contributed by atoms with Gasteiger partial charge in [-0.3, -0.25) is 4.79 Å². The van der Waals surface area contributed by atoms with E-state index in [1.807, 2.05) is 13.8 Å². The van der Waals surface area contributed by atoms with Gasteiger partial charge in [0.1, 0.15) is 0 Å². The molecule has 0 fully saturated rings. The summed E-state index contributed by atoms with van der Waals surface area (Å²) in [6, 6.07) is 0.237. The molecule has 0 aliphatic heterocycles. The van der Waals surface area contributed by atoms with Crippen molar-refractivity contribution in [2.45, 2.75) is 19.9 Å². The summed E-state index contributed by atoms with van der Waals surface area (Å²) in [6.07, 6.45) is 0. The minimum Gasteiger partial charge on any atom is -0.384 e. The number of carbonyl (C=O) groups excluding carboxylic acids is 1. The molecule has 0 aliphatic rings. The first-order valence-electron chi connectivity index (χ1n) is 4.03. The fraction of sp³-hybridized carbons (Fsp3) is 0.875. The molecule has 0 spiro atoms. The van der Waals surface area contributed by atoms with Gasteiger partial charge in [0.15, 0.2) is 0 Å². The summed E-state index contributed by atoms with van der Waals surface area (Å²) < 4.78 is 4.85. The number of hydrogen-bond donors (Lipinski definition) is 1. The zero-order valence-corrected chi connectivity index (χ0v) is 8.74. The van der Waals surface area contributed by atoms with Crippen molar-refractivity contribution in [3.05, 3.63) is 0 Å². The normalized spacial score (nSPS) is 10.3. The Bertz CT molecular complexity index is 128. The summed E-state index contributed by atoms with van der Waals surface area (Å²) >= 11 is 1.59. The molecular weight excluding hydrogens is 174 g/mol. The molecule has 0 aromatic heterocycles. The molecule has 3 nitrogen and oxygen atoms in total. The van der Waals surface area contributed by atoms with Crippen molar-refractivity contribution in [2.75, 3.05) is 25.2 Å². The largest absolute Gasteiger partial charge is 0.384 e. The monoisotopic (exact) mass is 191 g/mol. The van der Waals surface area contributed by atoms with Gasteiger partial charge in [-0.25, -0.2) is 0 Å². The van der Waals surface area contributed by atoms with Crippen LogP contribution >= 0.6 is 11.8 Å². The van der Waals surface area contributed by atoms with E-state index in [4.69, 9.17) is 4.74 Å². The third-order valence-electron chi connectivity index (χ3n) is 1.11. The van der Waals surface area contributed by atoms with Crippen LogP contribution in [0.5, 0.6) is 0 Å². The lowest BCUT2D eigenvalue weighted by Gasteiger charge is -2.07. The smallest absolute Gasteiger partial charge is 0.230 e. The first-order chi connectivity index (χ1) is 5.66. The number of ether oxygens (including phenoxy) is 1. The van der Waals surface area contributed by atoms with E-state index in [2.05, 4.69) is 5.32 Å². The third kappa shape index (κ3) is 7.88. The van der Waals surface area contributed by atoms with Crippen LogP contribution in [0.2, 0.25) is 0 Å². The molecule has 0 aromatic carbocycles. The first kappa shape index (κ1) is 11.8. The Hall–Kier alpha value is -0.220. The van der Waals surface area contributed by atoms with Gasteiger partial charge in [-0.2, -0.15) is 0 Å². The molecule has 0 saturated carbocycles. The van der Waals surface area contributed by atoms with Crippen molar-refractivity contribution in [3.8, 4) is 0 Å². The number of thioether (sulfide) groups is 1. The van der Waals surface area contributed by atoms with E-state index in [1.54, 1.807) is 18.9 Å². The Kier molecular flexibility index (Phi) is 7.29. The highest BCUT2D eigenvalue weighted by molar-refractivity contribution is 7.99. The third-order valence-corrected chi connectivity index (χ3v) is 2.04. The second-order valence-corrected chi connectivity index (χ2v) is 3.87. The molecule has 0 rings (SSSR count). The van der Waals surface area contributed by atoms with Gasteiger partial charge in [0.05, 0.1) is 12.4 Å². The van der Waals surface area contributed by atoms with Crippen LogP contribution in [-0.2, 0) is 9.53 Å². The molecule has 0 unspecified atom stereocenters. The fourth-order valence-electron chi connectivity index (χ4n) is 0.671. The van der Waals surface area contributed by atoms with Gasteiger partial charge in [0.25, 0.3) is 0 Å². The number of rotatable bonds is 6. The summed E-state index contributed by atoms with van der Waals surface area (Å²) in [4.78, 5) is 11.0. The lowest BCUT2D eigenvalue weighted by Crippen LogP contribution is -2.31. The lowest BCUT2D eigenvalue weighted by molar-refractivity contribution is -0.119. The van der Waals surface area contributed by atoms with Gasteiger partial charge < -0.3 is 10.1 Å².